The van der Waals surface area contributed by atoms with E-state index in [-0.39, 0.29) is 11.9 Å². The van der Waals surface area contributed by atoms with Gasteiger partial charge in [-0.2, -0.15) is 0 Å². The number of carbonyl (C=O) groups is 1. The SMILES string of the molecule is CCNC(C)CC(=O)NC1CCN2CCCC12. The van der Waals surface area contributed by atoms with Crippen molar-refractivity contribution in [3.05, 3.63) is 0 Å². The maximum Gasteiger partial charge on any atom is 0.221 e. The van der Waals surface area contributed by atoms with Crippen molar-refractivity contribution in [2.45, 2.75) is 57.7 Å². The smallest absolute Gasteiger partial charge is 0.221 e. The summed E-state index contributed by atoms with van der Waals surface area (Å²) in [6.45, 7) is 7.46. The van der Waals surface area contributed by atoms with Crippen LogP contribution in [0.2, 0.25) is 0 Å². The molecule has 2 saturated heterocycles. The Bertz CT molecular complexity index is 269. The molecule has 0 aliphatic carbocycles. The van der Waals surface area contributed by atoms with Gasteiger partial charge >= 0.3 is 0 Å². The van der Waals surface area contributed by atoms with Crippen molar-refractivity contribution in [2.24, 2.45) is 0 Å². The van der Waals surface area contributed by atoms with Crippen molar-refractivity contribution in [3.63, 3.8) is 0 Å². The highest BCUT2D eigenvalue weighted by Gasteiger charge is 2.37. The van der Waals surface area contributed by atoms with E-state index in [9.17, 15) is 4.79 Å². The highest BCUT2D eigenvalue weighted by Crippen LogP contribution is 2.27. The first kappa shape index (κ1) is 12.8. The van der Waals surface area contributed by atoms with Gasteiger partial charge in [-0.25, -0.2) is 0 Å². The Morgan fingerprint density at radius 1 is 1.41 bits per heavy atom. The molecule has 4 nitrogen and oxygen atoms in total. The van der Waals surface area contributed by atoms with Crippen LogP contribution in [0.25, 0.3) is 0 Å². The Balaban J connectivity index is 1.75. The van der Waals surface area contributed by atoms with Crippen molar-refractivity contribution < 1.29 is 4.79 Å². The minimum absolute atomic E-state index is 0.206. The van der Waals surface area contributed by atoms with Crippen LogP contribution in [0.4, 0.5) is 0 Å². The zero-order chi connectivity index (χ0) is 12.3. The molecule has 2 aliphatic rings. The number of rotatable bonds is 5. The molecule has 0 aromatic rings. The van der Waals surface area contributed by atoms with Crippen LogP contribution in [-0.4, -0.2) is 48.6 Å². The second-order valence-corrected chi connectivity index (χ2v) is 5.37. The lowest BCUT2D eigenvalue weighted by Gasteiger charge is -2.22. The van der Waals surface area contributed by atoms with E-state index in [1.165, 1.54) is 25.9 Å². The summed E-state index contributed by atoms with van der Waals surface area (Å²) in [6.07, 6.45) is 4.28. The van der Waals surface area contributed by atoms with Crippen molar-refractivity contribution in [3.8, 4) is 0 Å². The lowest BCUT2D eigenvalue weighted by molar-refractivity contribution is -0.122. The standard InChI is InChI=1S/C13H25N3O/c1-3-14-10(2)9-13(17)15-11-6-8-16-7-4-5-12(11)16/h10-12,14H,3-9H2,1-2H3,(H,15,17). The van der Waals surface area contributed by atoms with E-state index in [0.717, 1.165) is 13.0 Å². The molecule has 1 amide bonds. The zero-order valence-corrected chi connectivity index (χ0v) is 11.0. The normalized spacial score (nSPS) is 30.2. The molecule has 0 spiro atoms. The molecule has 2 aliphatic heterocycles. The van der Waals surface area contributed by atoms with Gasteiger partial charge in [0.25, 0.3) is 0 Å². The lowest BCUT2D eigenvalue weighted by Crippen LogP contribution is -2.44. The minimum Gasteiger partial charge on any atom is -0.352 e. The number of carbonyl (C=O) groups excluding carboxylic acids is 1. The van der Waals surface area contributed by atoms with E-state index < -0.39 is 0 Å². The Morgan fingerprint density at radius 3 is 3.00 bits per heavy atom. The monoisotopic (exact) mass is 239 g/mol. The molecule has 17 heavy (non-hydrogen) atoms. The van der Waals surface area contributed by atoms with Crippen molar-refractivity contribution in [1.29, 1.82) is 0 Å². The molecule has 0 radical (unpaired) electrons. The molecule has 0 aromatic carbocycles. The zero-order valence-electron chi connectivity index (χ0n) is 11.0. The Morgan fingerprint density at radius 2 is 2.24 bits per heavy atom. The van der Waals surface area contributed by atoms with Crippen molar-refractivity contribution in [2.75, 3.05) is 19.6 Å². The highest BCUT2D eigenvalue weighted by molar-refractivity contribution is 5.77. The van der Waals surface area contributed by atoms with Gasteiger partial charge in [0.15, 0.2) is 0 Å². The lowest BCUT2D eigenvalue weighted by atomic mass is 10.1. The van der Waals surface area contributed by atoms with E-state index in [1.807, 2.05) is 0 Å². The third-order valence-corrected chi connectivity index (χ3v) is 4.00. The molecule has 0 aromatic heterocycles. The van der Waals surface area contributed by atoms with Crippen LogP contribution in [0, 0.1) is 0 Å². The van der Waals surface area contributed by atoms with Gasteiger partial charge in [-0.05, 0) is 39.3 Å². The van der Waals surface area contributed by atoms with Crippen LogP contribution in [0.1, 0.15) is 39.5 Å². The van der Waals surface area contributed by atoms with Crippen LogP contribution in [0.3, 0.4) is 0 Å². The summed E-state index contributed by atoms with van der Waals surface area (Å²) in [5, 5.41) is 6.50. The first-order valence-corrected chi connectivity index (χ1v) is 6.97. The molecule has 2 rings (SSSR count). The number of hydrogen-bond acceptors (Lipinski definition) is 3. The van der Waals surface area contributed by atoms with Gasteiger partial charge in [-0.15, -0.1) is 0 Å². The summed E-state index contributed by atoms with van der Waals surface area (Å²) in [7, 11) is 0. The van der Waals surface area contributed by atoms with Crippen LogP contribution >= 0.6 is 0 Å². The van der Waals surface area contributed by atoms with E-state index in [1.54, 1.807) is 0 Å². The average Bonchev–Trinajstić information content (AvgIpc) is 2.83. The van der Waals surface area contributed by atoms with Crippen molar-refractivity contribution >= 4 is 5.91 Å². The van der Waals surface area contributed by atoms with E-state index in [2.05, 4.69) is 29.4 Å². The molecular weight excluding hydrogens is 214 g/mol. The number of amides is 1. The number of fused-ring (bicyclic) bond motifs is 1. The quantitative estimate of drug-likeness (QED) is 0.743. The maximum absolute atomic E-state index is 11.9. The van der Waals surface area contributed by atoms with Crippen LogP contribution in [0.5, 0.6) is 0 Å². The van der Waals surface area contributed by atoms with Gasteiger partial charge in [-0.1, -0.05) is 6.92 Å². The van der Waals surface area contributed by atoms with Crippen molar-refractivity contribution in [1.82, 2.24) is 15.5 Å². The minimum atomic E-state index is 0.206. The Labute approximate surface area is 104 Å². The first-order chi connectivity index (χ1) is 8.20. The second-order valence-electron chi connectivity index (χ2n) is 5.37. The van der Waals surface area contributed by atoms with Gasteiger partial charge in [-0.3, -0.25) is 9.69 Å². The largest absolute Gasteiger partial charge is 0.352 e. The van der Waals surface area contributed by atoms with Gasteiger partial charge in [0.2, 0.25) is 5.91 Å². The highest BCUT2D eigenvalue weighted by atomic mass is 16.1. The maximum atomic E-state index is 11.9. The number of hydrogen-bond donors (Lipinski definition) is 2. The third-order valence-electron chi connectivity index (χ3n) is 4.00. The third kappa shape index (κ3) is 3.19. The molecule has 3 atom stereocenters. The molecule has 4 heteroatoms. The second kappa shape index (κ2) is 5.83. The molecule has 3 unspecified atom stereocenters. The Kier molecular flexibility index (Phi) is 4.40. The average molecular weight is 239 g/mol. The summed E-state index contributed by atoms with van der Waals surface area (Å²) < 4.78 is 0. The summed E-state index contributed by atoms with van der Waals surface area (Å²) in [4.78, 5) is 14.4. The molecule has 2 fully saturated rings. The van der Waals surface area contributed by atoms with E-state index in [4.69, 9.17) is 0 Å². The summed E-state index contributed by atoms with van der Waals surface area (Å²) in [5.74, 6) is 0.206. The summed E-state index contributed by atoms with van der Waals surface area (Å²) in [6, 6.07) is 1.30. The molecule has 2 N–H and O–H groups in total. The Hall–Kier alpha value is -0.610. The van der Waals surface area contributed by atoms with E-state index in [0.29, 0.717) is 18.5 Å². The fourth-order valence-electron chi connectivity index (χ4n) is 3.22. The molecule has 0 bridgehead atoms. The predicted octanol–water partition coefficient (Wildman–Crippen LogP) is 0.727. The first-order valence-electron chi connectivity index (χ1n) is 6.97. The van der Waals surface area contributed by atoms with Crippen LogP contribution in [0.15, 0.2) is 0 Å². The van der Waals surface area contributed by atoms with Gasteiger partial charge in [0.05, 0.1) is 0 Å². The molecule has 0 saturated carbocycles. The van der Waals surface area contributed by atoms with Gasteiger partial charge in [0.1, 0.15) is 0 Å². The topological polar surface area (TPSA) is 44.4 Å². The summed E-state index contributed by atoms with van der Waals surface area (Å²) in [5.41, 5.74) is 0. The van der Waals surface area contributed by atoms with Crippen LogP contribution in [-0.2, 0) is 4.79 Å². The molecule has 2 heterocycles. The van der Waals surface area contributed by atoms with Gasteiger partial charge < -0.3 is 10.6 Å². The number of nitrogens with zero attached hydrogens (tertiary/aromatic N) is 1. The summed E-state index contributed by atoms with van der Waals surface area (Å²) >= 11 is 0. The fraction of sp³-hybridized carbons (Fsp3) is 0.923. The molecular formula is C13H25N3O. The van der Waals surface area contributed by atoms with Gasteiger partial charge in [0, 0.05) is 31.1 Å². The number of nitrogens with one attached hydrogen (secondary N) is 2. The van der Waals surface area contributed by atoms with E-state index >= 15 is 0 Å². The van der Waals surface area contributed by atoms with Crippen LogP contribution < -0.4 is 10.6 Å². The molecule has 98 valence electrons. The predicted molar refractivity (Wildman–Crippen MR) is 68.9 cm³/mol. The fourth-order valence-corrected chi connectivity index (χ4v) is 3.22.